The van der Waals surface area contributed by atoms with Crippen molar-refractivity contribution in [2.45, 2.75) is 19.4 Å². The van der Waals surface area contributed by atoms with Gasteiger partial charge in [-0.1, -0.05) is 19.1 Å². The van der Waals surface area contributed by atoms with Gasteiger partial charge in [-0.15, -0.1) is 22.7 Å². The number of thiophene rings is 2. The van der Waals surface area contributed by atoms with Crippen LogP contribution in [-0.4, -0.2) is 27.3 Å². The maximum atomic E-state index is 11.7. The molecule has 7 heteroatoms. The molecule has 2 rings (SSSR count). The largest absolute Gasteiger partial charge is 0.308 e. The van der Waals surface area contributed by atoms with Gasteiger partial charge in [-0.05, 0) is 22.9 Å². The molecule has 0 aliphatic rings. The van der Waals surface area contributed by atoms with Crippen LogP contribution in [0.15, 0.2) is 35.0 Å². The van der Waals surface area contributed by atoms with Crippen molar-refractivity contribution in [3.8, 4) is 0 Å². The first-order valence-electron chi connectivity index (χ1n) is 6.87. The summed E-state index contributed by atoms with van der Waals surface area (Å²) in [5.74, 6) is 0.104. The summed E-state index contributed by atoms with van der Waals surface area (Å²) in [6.45, 7) is 2.67. The van der Waals surface area contributed by atoms with E-state index in [4.69, 9.17) is 0 Å². The van der Waals surface area contributed by atoms with Crippen molar-refractivity contribution in [1.82, 2.24) is 10.0 Å². The van der Waals surface area contributed by atoms with Crippen molar-refractivity contribution in [1.29, 1.82) is 0 Å². The Morgan fingerprint density at radius 2 is 1.95 bits per heavy atom. The van der Waals surface area contributed by atoms with Crippen LogP contribution >= 0.6 is 22.7 Å². The minimum Gasteiger partial charge on any atom is -0.308 e. The highest BCUT2D eigenvalue weighted by atomic mass is 32.2. The summed E-state index contributed by atoms with van der Waals surface area (Å²) in [6.07, 6.45) is 0.888. The molecular weight excluding hydrogens is 324 g/mol. The predicted molar refractivity (Wildman–Crippen MR) is 90.5 cm³/mol. The van der Waals surface area contributed by atoms with E-state index in [1.54, 1.807) is 29.6 Å². The zero-order chi connectivity index (χ0) is 15.1. The second-order valence-electron chi connectivity index (χ2n) is 4.62. The third-order valence-corrected chi connectivity index (χ3v) is 6.35. The molecule has 0 saturated carbocycles. The van der Waals surface area contributed by atoms with Gasteiger partial charge >= 0.3 is 0 Å². The van der Waals surface area contributed by atoms with E-state index in [-0.39, 0.29) is 11.8 Å². The van der Waals surface area contributed by atoms with Crippen LogP contribution < -0.4 is 10.0 Å². The molecule has 1 unspecified atom stereocenters. The van der Waals surface area contributed by atoms with E-state index >= 15 is 0 Å². The molecule has 2 heterocycles. The summed E-state index contributed by atoms with van der Waals surface area (Å²) in [7, 11) is -3.16. The van der Waals surface area contributed by atoms with Gasteiger partial charge in [0.05, 0.1) is 5.75 Å². The first kappa shape index (κ1) is 16.6. The summed E-state index contributed by atoms with van der Waals surface area (Å²) >= 11 is 3.43. The molecule has 116 valence electrons. The van der Waals surface area contributed by atoms with E-state index in [0.29, 0.717) is 13.1 Å². The molecular formula is C14H20N2O2S3. The number of hydrogen-bond acceptors (Lipinski definition) is 5. The van der Waals surface area contributed by atoms with E-state index in [9.17, 15) is 8.42 Å². The van der Waals surface area contributed by atoms with Crippen LogP contribution in [0.5, 0.6) is 0 Å². The SMILES string of the molecule is CCNS(=O)(=O)CCNC(Cc1cccs1)c1cccs1. The van der Waals surface area contributed by atoms with Crippen LogP contribution in [0.2, 0.25) is 0 Å². The molecule has 0 aromatic carbocycles. The molecule has 2 aromatic heterocycles. The number of rotatable bonds is 9. The molecule has 2 N–H and O–H groups in total. The molecule has 0 saturated heterocycles. The monoisotopic (exact) mass is 344 g/mol. The van der Waals surface area contributed by atoms with E-state index < -0.39 is 10.0 Å². The van der Waals surface area contributed by atoms with Crippen LogP contribution in [0.1, 0.15) is 22.7 Å². The zero-order valence-corrected chi connectivity index (χ0v) is 14.4. The summed E-state index contributed by atoms with van der Waals surface area (Å²) in [5, 5.41) is 7.49. The van der Waals surface area contributed by atoms with Gasteiger partial charge in [0.2, 0.25) is 10.0 Å². The lowest BCUT2D eigenvalue weighted by Gasteiger charge is -2.17. The second kappa shape index (κ2) is 8.05. The van der Waals surface area contributed by atoms with Gasteiger partial charge in [0, 0.05) is 35.3 Å². The Hall–Kier alpha value is -0.730. The van der Waals surface area contributed by atoms with Gasteiger partial charge in [-0.2, -0.15) is 0 Å². The fourth-order valence-corrected chi connectivity index (χ4v) is 4.58. The van der Waals surface area contributed by atoms with Gasteiger partial charge < -0.3 is 5.32 Å². The molecule has 1 atom stereocenters. The number of sulfonamides is 1. The molecule has 0 aliphatic carbocycles. The van der Waals surface area contributed by atoms with Gasteiger partial charge in [-0.3, -0.25) is 0 Å². The minimum atomic E-state index is -3.16. The molecule has 0 bridgehead atoms. The van der Waals surface area contributed by atoms with Crippen molar-refractivity contribution >= 4 is 32.7 Å². The lowest BCUT2D eigenvalue weighted by molar-refractivity contribution is 0.547. The highest BCUT2D eigenvalue weighted by Crippen LogP contribution is 2.24. The minimum absolute atomic E-state index is 0.104. The summed E-state index contributed by atoms with van der Waals surface area (Å²) in [4.78, 5) is 2.54. The normalized spacial score (nSPS) is 13.4. The molecule has 2 aromatic rings. The van der Waals surface area contributed by atoms with Crippen molar-refractivity contribution in [2.75, 3.05) is 18.8 Å². The van der Waals surface area contributed by atoms with Crippen molar-refractivity contribution in [3.05, 3.63) is 44.8 Å². The quantitative estimate of drug-likeness (QED) is 0.735. The third kappa shape index (κ3) is 5.52. The van der Waals surface area contributed by atoms with E-state index in [1.165, 1.54) is 9.75 Å². The second-order valence-corrected chi connectivity index (χ2v) is 8.56. The summed E-state index contributed by atoms with van der Waals surface area (Å²) < 4.78 is 25.9. The first-order chi connectivity index (χ1) is 10.1. The van der Waals surface area contributed by atoms with E-state index in [2.05, 4.69) is 27.6 Å². The zero-order valence-electron chi connectivity index (χ0n) is 11.9. The van der Waals surface area contributed by atoms with Gasteiger partial charge in [0.25, 0.3) is 0 Å². The topological polar surface area (TPSA) is 58.2 Å². The molecule has 4 nitrogen and oxygen atoms in total. The maximum Gasteiger partial charge on any atom is 0.212 e. The Balaban J connectivity index is 1.94. The average Bonchev–Trinajstić information content (AvgIpc) is 3.10. The van der Waals surface area contributed by atoms with Crippen LogP contribution in [0.25, 0.3) is 0 Å². The van der Waals surface area contributed by atoms with E-state index in [1.807, 2.05) is 17.5 Å². The summed E-state index contributed by atoms with van der Waals surface area (Å²) in [6, 6.07) is 8.44. The van der Waals surface area contributed by atoms with Crippen LogP contribution in [0, 0.1) is 0 Å². The third-order valence-electron chi connectivity index (χ3n) is 3.00. The van der Waals surface area contributed by atoms with E-state index in [0.717, 1.165) is 6.42 Å². The Morgan fingerprint density at radius 3 is 2.57 bits per heavy atom. The molecule has 0 aliphatic heterocycles. The Bertz CT molecular complexity index is 607. The Labute approximate surface area is 134 Å². The molecule has 0 radical (unpaired) electrons. The lowest BCUT2D eigenvalue weighted by atomic mass is 10.1. The molecule has 0 amide bonds. The van der Waals surface area contributed by atoms with Crippen molar-refractivity contribution in [2.24, 2.45) is 0 Å². The van der Waals surface area contributed by atoms with Crippen molar-refractivity contribution < 1.29 is 8.42 Å². The lowest BCUT2D eigenvalue weighted by Crippen LogP contribution is -2.33. The van der Waals surface area contributed by atoms with Crippen LogP contribution in [0.4, 0.5) is 0 Å². The van der Waals surface area contributed by atoms with Gasteiger partial charge in [0.15, 0.2) is 0 Å². The van der Waals surface area contributed by atoms with Crippen LogP contribution in [0.3, 0.4) is 0 Å². The standard InChI is InChI=1S/C14H20N2O2S3/c1-2-16-21(17,18)10-7-15-13(14-6-4-9-20-14)11-12-5-3-8-19-12/h3-6,8-9,13,15-16H,2,7,10-11H2,1H3. The van der Waals surface area contributed by atoms with Gasteiger partial charge in [-0.25, -0.2) is 13.1 Å². The van der Waals surface area contributed by atoms with Crippen molar-refractivity contribution in [3.63, 3.8) is 0 Å². The molecule has 21 heavy (non-hydrogen) atoms. The average molecular weight is 345 g/mol. The number of hydrogen-bond donors (Lipinski definition) is 2. The summed E-state index contributed by atoms with van der Waals surface area (Å²) in [5.41, 5.74) is 0. The Morgan fingerprint density at radius 1 is 1.19 bits per heavy atom. The molecule has 0 fully saturated rings. The Kier molecular flexibility index (Phi) is 6.38. The fourth-order valence-electron chi connectivity index (χ4n) is 2.05. The number of nitrogens with one attached hydrogen (secondary N) is 2. The van der Waals surface area contributed by atoms with Gasteiger partial charge in [0.1, 0.15) is 0 Å². The van der Waals surface area contributed by atoms with Crippen LogP contribution in [-0.2, 0) is 16.4 Å². The highest BCUT2D eigenvalue weighted by Gasteiger charge is 2.15. The highest BCUT2D eigenvalue weighted by molar-refractivity contribution is 7.89. The predicted octanol–water partition coefficient (Wildman–Crippen LogP) is 2.62. The smallest absolute Gasteiger partial charge is 0.212 e. The maximum absolute atomic E-state index is 11.7. The fraction of sp³-hybridized carbons (Fsp3) is 0.429. The molecule has 0 spiro atoms. The first-order valence-corrected chi connectivity index (χ1v) is 10.3.